The Morgan fingerprint density at radius 1 is 1.55 bits per heavy atom. The van der Waals surface area contributed by atoms with E-state index < -0.39 is 6.10 Å². The van der Waals surface area contributed by atoms with E-state index >= 15 is 0 Å². The van der Waals surface area contributed by atoms with E-state index in [0.717, 1.165) is 0 Å². The molecule has 0 unspecified atom stereocenters. The maximum Gasteiger partial charge on any atom is 0.219 e. The van der Waals surface area contributed by atoms with Crippen molar-refractivity contribution < 1.29 is 9.90 Å². The molecule has 0 aromatic carbocycles. The zero-order chi connectivity index (χ0) is 9.02. The molecule has 0 heterocycles. The van der Waals surface area contributed by atoms with Gasteiger partial charge in [0.1, 0.15) is 0 Å². The van der Waals surface area contributed by atoms with Crippen molar-refractivity contribution in [2.45, 2.75) is 26.9 Å². The third kappa shape index (κ3) is 3.98. The zero-order valence-electron chi connectivity index (χ0n) is 7.66. The Bertz CT molecular complexity index is 134. The van der Waals surface area contributed by atoms with E-state index in [1.54, 1.807) is 7.05 Å². The van der Waals surface area contributed by atoms with E-state index in [-0.39, 0.29) is 11.8 Å². The van der Waals surface area contributed by atoms with Crippen molar-refractivity contribution in [2.75, 3.05) is 13.6 Å². The average molecular weight is 159 g/mol. The third-order valence-corrected chi connectivity index (χ3v) is 1.77. The number of carbonyl (C=O) groups excluding carboxylic acids is 1. The van der Waals surface area contributed by atoms with Crippen LogP contribution in [-0.2, 0) is 4.79 Å². The smallest absolute Gasteiger partial charge is 0.219 e. The molecule has 3 nitrogen and oxygen atoms in total. The first-order valence-corrected chi connectivity index (χ1v) is 3.85. The van der Waals surface area contributed by atoms with Crippen LogP contribution < -0.4 is 0 Å². The molecule has 0 aliphatic heterocycles. The van der Waals surface area contributed by atoms with Gasteiger partial charge in [-0.05, 0) is 5.92 Å². The highest BCUT2D eigenvalue weighted by Crippen LogP contribution is 2.02. The second kappa shape index (κ2) is 4.34. The van der Waals surface area contributed by atoms with E-state index in [2.05, 4.69) is 0 Å². The van der Waals surface area contributed by atoms with Gasteiger partial charge in [0.2, 0.25) is 5.91 Å². The Morgan fingerprint density at radius 2 is 2.00 bits per heavy atom. The van der Waals surface area contributed by atoms with Gasteiger partial charge in [-0.3, -0.25) is 4.79 Å². The van der Waals surface area contributed by atoms with Crippen LogP contribution >= 0.6 is 0 Å². The van der Waals surface area contributed by atoms with E-state index in [4.69, 9.17) is 0 Å². The monoisotopic (exact) mass is 159 g/mol. The van der Waals surface area contributed by atoms with Gasteiger partial charge in [-0.2, -0.15) is 0 Å². The molecule has 0 bridgehead atoms. The summed E-state index contributed by atoms with van der Waals surface area (Å²) in [6, 6.07) is 0. The lowest BCUT2D eigenvalue weighted by atomic mass is 10.1. The summed E-state index contributed by atoms with van der Waals surface area (Å²) in [6.45, 7) is 5.78. The maximum absolute atomic E-state index is 10.7. The van der Waals surface area contributed by atoms with Gasteiger partial charge in [-0.15, -0.1) is 0 Å². The molecular formula is C8H17NO2. The van der Waals surface area contributed by atoms with Gasteiger partial charge in [-0.1, -0.05) is 13.8 Å². The predicted molar refractivity (Wildman–Crippen MR) is 44.2 cm³/mol. The van der Waals surface area contributed by atoms with Crippen LogP contribution in [0.4, 0.5) is 0 Å². The number of likely N-dealkylation sites (N-methyl/N-ethyl adjacent to an activating group) is 1. The molecule has 0 fully saturated rings. The molecule has 3 heteroatoms. The number of nitrogens with zero attached hydrogens (tertiary/aromatic N) is 1. The minimum absolute atomic E-state index is 0.00954. The Morgan fingerprint density at radius 3 is 2.27 bits per heavy atom. The highest BCUT2D eigenvalue weighted by atomic mass is 16.3. The van der Waals surface area contributed by atoms with Gasteiger partial charge < -0.3 is 10.0 Å². The fourth-order valence-electron chi connectivity index (χ4n) is 0.620. The molecule has 0 saturated carbocycles. The lowest BCUT2D eigenvalue weighted by molar-refractivity contribution is -0.129. The topological polar surface area (TPSA) is 40.5 Å². The number of rotatable bonds is 3. The minimum Gasteiger partial charge on any atom is -0.391 e. The minimum atomic E-state index is -0.413. The van der Waals surface area contributed by atoms with Gasteiger partial charge in [0.05, 0.1) is 6.10 Å². The maximum atomic E-state index is 10.7. The van der Waals surface area contributed by atoms with Gasteiger partial charge in [0.15, 0.2) is 0 Å². The summed E-state index contributed by atoms with van der Waals surface area (Å²) in [5.41, 5.74) is 0. The standard InChI is InChI=1S/C8H17NO2/c1-6(2)8(11)5-9(4)7(3)10/h6,8,11H,5H2,1-4H3/t8-/m1/s1. The molecular weight excluding hydrogens is 142 g/mol. The highest BCUT2D eigenvalue weighted by molar-refractivity contribution is 5.72. The summed E-state index contributed by atoms with van der Waals surface area (Å²) in [4.78, 5) is 12.2. The second-order valence-corrected chi connectivity index (χ2v) is 3.21. The first-order chi connectivity index (χ1) is 4.95. The number of hydrogen-bond donors (Lipinski definition) is 1. The van der Waals surface area contributed by atoms with Crippen molar-refractivity contribution >= 4 is 5.91 Å². The van der Waals surface area contributed by atoms with Crippen LogP contribution in [0, 0.1) is 5.92 Å². The van der Waals surface area contributed by atoms with Crippen molar-refractivity contribution in [3.8, 4) is 0 Å². The zero-order valence-corrected chi connectivity index (χ0v) is 7.66. The fraction of sp³-hybridized carbons (Fsp3) is 0.875. The average Bonchev–Trinajstić information content (AvgIpc) is 1.87. The Balaban J connectivity index is 3.75. The van der Waals surface area contributed by atoms with Crippen LogP contribution in [0.3, 0.4) is 0 Å². The molecule has 0 saturated heterocycles. The number of amides is 1. The number of hydrogen-bond acceptors (Lipinski definition) is 2. The van der Waals surface area contributed by atoms with Gasteiger partial charge >= 0.3 is 0 Å². The molecule has 1 amide bonds. The highest BCUT2D eigenvalue weighted by Gasteiger charge is 2.12. The molecule has 1 N–H and O–H groups in total. The lowest BCUT2D eigenvalue weighted by Crippen LogP contribution is -2.35. The summed E-state index contributed by atoms with van der Waals surface area (Å²) >= 11 is 0. The first-order valence-electron chi connectivity index (χ1n) is 3.85. The Labute approximate surface area is 68.0 Å². The third-order valence-electron chi connectivity index (χ3n) is 1.77. The Hall–Kier alpha value is -0.570. The molecule has 0 aliphatic rings. The van der Waals surface area contributed by atoms with Crippen LogP contribution in [0.1, 0.15) is 20.8 Å². The quantitative estimate of drug-likeness (QED) is 0.650. The van der Waals surface area contributed by atoms with E-state index in [1.807, 2.05) is 13.8 Å². The van der Waals surface area contributed by atoms with Gasteiger partial charge in [0.25, 0.3) is 0 Å². The molecule has 0 radical (unpaired) electrons. The van der Waals surface area contributed by atoms with Crippen LogP contribution in [0.15, 0.2) is 0 Å². The summed E-state index contributed by atoms with van der Waals surface area (Å²) < 4.78 is 0. The fourth-order valence-corrected chi connectivity index (χ4v) is 0.620. The van der Waals surface area contributed by atoms with E-state index in [1.165, 1.54) is 11.8 Å². The number of aliphatic hydroxyl groups excluding tert-OH is 1. The van der Waals surface area contributed by atoms with Crippen LogP contribution in [-0.4, -0.2) is 35.6 Å². The Kier molecular flexibility index (Phi) is 4.11. The molecule has 0 aliphatic carbocycles. The molecule has 11 heavy (non-hydrogen) atoms. The molecule has 66 valence electrons. The first kappa shape index (κ1) is 10.4. The van der Waals surface area contributed by atoms with Crippen molar-refractivity contribution in [3.05, 3.63) is 0 Å². The SMILES string of the molecule is CC(=O)N(C)C[C@@H](O)C(C)C. The molecule has 0 aromatic heterocycles. The predicted octanol–water partition coefficient (Wildman–Crippen LogP) is 0.482. The summed E-state index contributed by atoms with van der Waals surface area (Å²) in [5.74, 6) is 0.196. The van der Waals surface area contributed by atoms with Gasteiger partial charge in [-0.25, -0.2) is 0 Å². The summed E-state index contributed by atoms with van der Waals surface area (Å²) in [5, 5.41) is 9.35. The summed E-state index contributed by atoms with van der Waals surface area (Å²) in [7, 11) is 1.69. The van der Waals surface area contributed by atoms with Gasteiger partial charge in [0, 0.05) is 20.5 Å². The molecule has 0 rings (SSSR count). The van der Waals surface area contributed by atoms with Crippen LogP contribution in [0.25, 0.3) is 0 Å². The molecule has 1 atom stereocenters. The van der Waals surface area contributed by atoms with Crippen molar-refractivity contribution in [1.82, 2.24) is 4.90 Å². The van der Waals surface area contributed by atoms with Crippen LogP contribution in [0.2, 0.25) is 0 Å². The van der Waals surface area contributed by atoms with Crippen molar-refractivity contribution in [3.63, 3.8) is 0 Å². The number of carbonyl (C=O) groups is 1. The largest absolute Gasteiger partial charge is 0.391 e. The van der Waals surface area contributed by atoms with E-state index in [9.17, 15) is 9.90 Å². The lowest BCUT2D eigenvalue weighted by Gasteiger charge is -2.21. The molecule has 0 aromatic rings. The van der Waals surface area contributed by atoms with Crippen molar-refractivity contribution in [2.24, 2.45) is 5.92 Å². The normalized spacial score (nSPS) is 13.3. The van der Waals surface area contributed by atoms with Crippen LogP contribution in [0.5, 0.6) is 0 Å². The second-order valence-electron chi connectivity index (χ2n) is 3.21. The number of aliphatic hydroxyl groups is 1. The molecule has 0 spiro atoms. The summed E-state index contributed by atoms with van der Waals surface area (Å²) in [6.07, 6.45) is -0.413. The van der Waals surface area contributed by atoms with E-state index in [0.29, 0.717) is 6.54 Å². The van der Waals surface area contributed by atoms with Crippen molar-refractivity contribution in [1.29, 1.82) is 0 Å².